The number of nitrogens with one attached hydrogen (secondary N) is 1. The van der Waals surface area contributed by atoms with Gasteiger partial charge in [0.2, 0.25) is 0 Å². The fourth-order valence-electron chi connectivity index (χ4n) is 1.47. The average molecular weight is 354 g/mol. The maximum atomic E-state index is 13.4. The van der Waals surface area contributed by atoms with E-state index < -0.39 is 17.6 Å². The van der Waals surface area contributed by atoms with Crippen molar-refractivity contribution < 1.29 is 17.6 Å². The normalized spacial score (nSPS) is 11.6. The molecule has 7 heteroatoms. The van der Waals surface area contributed by atoms with Crippen molar-refractivity contribution in [3.63, 3.8) is 0 Å². The van der Waals surface area contributed by atoms with E-state index in [9.17, 15) is 17.6 Å². The van der Waals surface area contributed by atoms with Crippen molar-refractivity contribution >= 4 is 33.0 Å². The van der Waals surface area contributed by atoms with E-state index in [-0.39, 0.29) is 12.2 Å². The van der Waals surface area contributed by atoms with Crippen LogP contribution in [0.1, 0.15) is 10.4 Å². The van der Waals surface area contributed by atoms with E-state index in [1.807, 2.05) is 11.4 Å². The van der Waals surface area contributed by atoms with Gasteiger partial charge in [0.25, 0.3) is 0 Å². The van der Waals surface area contributed by atoms with Gasteiger partial charge in [-0.1, -0.05) is 0 Å². The van der Waals surface area contributed by atoms with Crippen molar-refractivity contribution in [3.8, 4) is 0 Å². The minimum Gasteiger partial charge on any atom is -0.378 e. The van der Waals surface area contributed by atoms with Gasteiger partial charge in [0.15, 0.2) is 0 Å². The average Bonchev–Trinajstić information content (AvgIpc) is 2.72. The fraction of sp³-hybridized carbons (Fsp3) is 0.167. The van der Waals surface area contributed by atoms with Crippen molar-refractivity contribution in [3.05, 3.63) is 50.4 Å². The van der Waals surface area contributed by atoms with E-state index in [0.29, 0.717) is 0 Å². The highest BCUT2D eigenvalue weighted by Crippen LogP contribution is 2.32. The van der Waals surface area contributed by atoms with E-state index in [2.05, 4.69) is 21.2 Å². The van der Waals surface area contributed by atoms with Crippen molar-refractivity contribution in [2.24, 2.45) is 0 Å². The lowest BCUT2D eigenvalue weighted by Gasteiger charge is -2.11. The van der Waals surface area contributed by atoms with Crippen molar-refractivity contribution in [1.29, 1.82) is 0 Å². The Morgan fingerprint density at radius 1 is 1.21 bits per heavy atom. The monoisotopic (exact) mass is 353 g/mol. The highest BCUT2D eigenvalue weighted by Gasteiger charge is 2.31. The number of benzene rings is 1. The van der Waals surface area contributed by atoms with Gasteiger partial charge < -0.3 is 5.32 Å². The Labute approximate surface area is 119 Å². The Bertz CT molecular complexity index is 579. The molecule has 0 saturated carbocycles. The van der Waals surface area contributed by atoms with Crippen LogP contribution in [-0.4, -0.2) is 0 Å². The lowest BCUT2D eigenvalue weighted by Crippen LogP contribution is -2.07. The van der Waals surface area contributed by atoms with Crippen LogP contribution < -0.4 is 5.32 Å². The Morgan fingerprint density at radius 3 is 2.53 bits per heavy atom. The van der Waals surface area contributed by atoms with Gasteiger partial charge in [-0.05, 0) is 40.2 Å². The van der Waals surface area contributed by atoms with Gasteiger partial charge in [0.05, 0.1) is 11.3 Å². The second-order valence-electron chi connectivity index (χ2n) is 3.78. The molecule has 0 unspecified atom stereocenters. The van der Waals surface area contributed by atoms with Crippen molar-refractivity contribution in [2.45, 2.75) is 12.7 Å². The SMILES string of the molecule is Fc1ccc(C(F)(F)F)cc1NCc1cc(Br)cs1. The molecule has 0 aliphatic heterocycles. The summed E-state index contributed by atoms with van der Waals surface area (Å²) in [4.78, 5) is 0.892. The molecule has 2 rings (SSSR count). The quantitative estimate of drug-likeness (QED) is 0.740. The van der Waals surface area contributed by atoms with Gasteiger partial charge in [0, 0.05) is 21.3 Å². The number of thiophene rings is 1. The van der Waals surface area contributed by atoms with Gasteiger partial charge in [-0.15, -0.1) is 11.3 Å². The number of rotatable bonds is 3. The predicted octanol–water partition coefficient (Wildman–Crippen LogP) is 5.28. The molecule has 0 saturated heterocycles. The van der Waals surface area contributed by atoms with Crippen LogP contribution in [0.3, 0.4) is 0 Å². The van der Waals surface area contributed by atoms with Crippen LogP contribution in [0.25, 0.3) is 0 Å². The van der Waals surface area contributed by atoms with Crippen LogP contribution in [0.5, 0.6) is 0 Å². The number of hydrogen-bond acceptors (Lipinski definition) is 2. The first-order valence-corrected chi connectivity index (χ1v) is 6.87. The van der Waals surface area contributed by atoms with Crippen molar-refractivity contribution in [2.75, 3.05) is 5.32 Å². The number of halogens is 5. The molecule has 0 spiro atoms. The lowest BCUT2D eigenvalue weighted by atomic mass is 10.2. The fourth-order valence-corrected chi connectivity index (χ4v) is 2.86. The van der Waals surface area contributed by atoms with E-state index in [4.69, 9.17) is 0 Å². The highest BCUT2D eigenvalue weighted by atomic mass is 79.9. The molecule has 1 aromatic carbocycles. The summed E-state index contributed by atoms with van der Waals surface area (Å²) in [6.45, 7) is 0.272. The minimum absolute atomic E-state index is 0.153. The van der Waals surface area contributed by atoms with Crippen molar-refractivity contribution in [1.82, 2.24) is 0 Å². The summed E-state index contributed by atoms with van der Waals surface area (Å²) < 4.78 is 51.9. The molecule has 0 fully saturated rings. The zero-order valence-electron chi connectivity index (χ0n) is 9.39. The molecule has 0 aliphatic carbocycles. The summed E-state index contributed by atoms with van der Waals surface area (Å²) in [7, 11) is 0. The molecule has 1 nitrogen and oxygen atoms in total. The first kappa shape index (κ1) is 14.3. The summed E-state index contributed by atoms with van der Waals surface area (Å²) in [5.74, 6) is -0.705. The summed E-state index contributed by atoms with van der Waals surface area (Å²) in [5, 5.41) is 4.52. The number of hydrogen-bond donors (Lipinski definition) is 1. The third-order valence-electron chi connectivity index (χ3n) is 2.37. The molecule has 19 heavy (non-hydrogen) atoms. The standard InChI is InChI=1S/C12H8BrF4NS/c13-8-4-9(19-6-8)5-18-11-3-7(12(15,16)17)1-2-10(11)14/h1-4,6,18H,5H2. The van der Waals surface area contributed by atoms with Crippen LogP contribution in [-0.2, 0) is 12.7 Å². The molecule has 0 aliphatic rings. The predicted molar refractivity (Wildman–Crippen MR) is 70.7 cm³/mol. The third kappa shape index (κ3) is 3.70. The van der Waals surface area contributed by atoms with E-state index >= 15 is 0 Å². The zero-order chi connectivity index (χ0) is 14.0. The Hall–Kier alpha value is -1.08. The second kappa shape index (κ2) is 5.50. The topological polar surface area (TPSA) is 12.0 Å². The molecule has 0 atom stereocenters. The molecule has 1 heterocycles. The van der Waals surface area contributed by atoms with Crippen LogP contribution in [0, 0.1) is 5.82 Å². The maximum Gasteiger partial charge on any atom is 0.416 e. The molecule has 0 amide bonds. The minimum atomic E-state index is -4.48. The van der Waals surface area contributed by atoms with Gasteiger partial charge in [-0.3, -0.25) is 0 Å². The highest BCUT2D eigenvalue weighted by molar-refractivity contribution is 9.10. The molecule has 0 bridgehead atoms. The molecular formula is C12H8BrF4NS. The van der Waals surface area contributed by atoms with E-state index in [0.717, 1.165) is 27.5 Å². The molecule has 0 radical (unpaired) electrons. The van der Waals surface area contributed by atoms with E-state index in [1.54, 1.807) is 0 Å². The van der Waals surface area contributed by atoms with Crippen LogP contribution in [0.2, 0.25) is 0 Å². The van der Waals surface area contributed by atoms with Crippen LogP contribution in [0.15, 0.2) is 34.1 Å². The molecular weight excluding hydrogens is 346 g/mol. The largest absolute Gasteiger partial charge is 0.416 e. The van der Waals surface area contributed by atoms with Gasteiger partial charge in [-0.25, -0.2) is 4.39 Å². The third-order valence-corrected chi connectivity index (χ3v) is 4.07. The summed E-state index contributed by atoms with van der Waals surface area (Å²) in [6.07, 6.45) is -4.48. The number of alkyl halides is 3. The zero-order valence-corrected chi connectivity index (χ0v) is 11.8. The van der Waals surface area contributed by atoms with Crippen LogP contribution >= 0.6 is 27.3 Å². The van der Waals surface area contributed by atoms with Gasteiger partial charge >= 0.3 is 6.18 Å². The Kier molecular flexibility index (Phi) is 4.15. The Balaban J connectivity index is 2.15. The molecule has 2 aromatic rings. The summed E-state index contributed by atoms with van der Waals surface area (Å²) in [5.41, 5.74) is -1.02. The second-order valence-corrected chi connectivity index (χ2v) is 5.69. The first-order chi connectivity index (χ1) is 8.86. The summed E-state index contributed by atoms with van der Waals surface area (Å²) in [6, 6.07) is 4.14. The van der Waals surface area contributed by atoms with E-state index in [1.165, 1.54) is 11.3 Å². The Morgan fingerprint density at radius 2 is 1.95 bits per heavy atom. The summed E-state index contributed by atoms with van der Waals surface area (Å²) >= 11 is 4.70. The van der Waals surface area contributed by atoms with Crippen LogP contribution in [0.4, 0.5) is 23.2 Å². The van der Waals surface area contributed by atoms with Gasteiger partial charge in [-0.2, -0.15) is 13.2 Å². The molecule has 1 N–H and O–H groups in total. The molecule has 102 valence electrons. The first-order valence-electron chi connectivity index (χ1n) is 5.20. The molecule has 1 aromatic heterocycles. The maximum absolute atomic E-state index is 13.4. The smallest absolute Gasteiger partial charge is 0.378 e. The number of anilines is 1. The van der Waals surface area contributed by atoms with Gasteiger partial charge in [0.1, 0.15) is 5.82 Å². The lowest BCUT2D eigenvalue weighted by molar-refractivity contribution is -0.137.